The van der Waals surface area contributed by atoms with Gasteiger partial charge in [0, 0.05) is 45.7 Å². The molecule has 78 heavy (non-hydrogen) atoms. The minimum absolute atomic E-state index is 0.104. The Morgan fingerprint density at radius 1 is 0.692 bits per heavy atom. The number of hydrogen-bond acceptors (Lipinski definition) is 3. The van der Waals surface area contributed by atoms with Gasteiger partial charge in [0.2, 0.25) is 0 Å². The fourth-order valence-corrected chi connectivity index (χ4v) is 10.5. The number of aromatic nitrogens is 3. The number of hydrogen-bond donors (Lipinski definition) is 0. The molecule has 9 aromatic rings. The first-order chi connectivity index (χ1) is 38.3. The van der Waals surface area contributed by atoms with Crippen LogP contribution in [0.3, 0.4) is 0 Å². The molecule has 1 aliphatic heterocycles. The molecule has 3 heterocycles. The SMILES string of the molecule is C#C/C=C(\C=C/C)CC=C.C=C(/C=C\C=C/CC)C1=CC2c3cc(-c4ccccc4)ccc3N(c3ccc(-c4nc5ccccc5nc4-c4ccc(-n5cc(C)c6cc(-c7ccccc7)ccc65)cc4)cc3)C2C=CC1.CC. The summed E-state index contributed by atoms with van der Waals surface area (Å²) in [5, 5.41) is 1.25. The summed E-state index contributed by atoms with van der Waals surface area (Å²) in [6.45, 7) is 18.4. The fraction of sp³-hybridized carbons (Fsp3) is 0.135. The molecule has 0 fully saturated rings. The second-order valence-corrected chi connectivity index (χ2v) is 19.2. The molecule has 4 heteroatoms. The Kier molecular flexibility index (Phi) is 17.5. The molecule has 0 spiro atoms. The topological polar surface area (TPSA) is 34.0 Å². The highest BCUT2D eigenvalue weighted by Gasteiger charge is 2.38. The molecule has 2 atom stereocenters. The number of para-hydroxylation sites is 2. The van der Waals surface area contributed by atoms with Crippen LogP contribution in [0.2, 0.25) is 0 Å². The van der Waals surface area contributed by atoms with Gasteiger partial charge >= 0.3 is 0 Å². The van der Waals surface area contributed by atoms with Crippen molar-refractivity contribution in [3.8, 4) is 62.8 Å². The third-order valence-corrected chi connectivity index (χ3v) is 14.2. The summed E-state index contributed by atoms with van der Waals surface area (Å²) >= 11 is 0. The summed E-state index contributed by atoms with van der Waals surface area (Å²) in [6.07, 6.45) is 33.3. The van der Waals surface area contributed by atoms with Gasteiger partial charge in [-0.05, 0) is 150 Å². The van der Waals surface area contributed by atoms with E-state index in [4.69, 9.17) is 16.4 Å². The van der Waals surface area contributed by atoms with Gasteiger partial charge in [-0.1, -0.05) is 203 Å². The van der Waals surface area contributed by atoms with Crippen molar-refractivity contribution in [3.05, 3.63) is 284 Å². The average Bonchev–Trinajstić information content (AvgIpc) is 4.12. The van der Waals surface area contributed by atoms with E-state index in [0.717, 1.165) is 75.3 Å². The van der Waals surface area contributed by atoms with E-state index in [1.807, 2.05) is 63.3 Å². The zero-order chi connectivity index (χ0) is 54.4. The van der Waals surface area contributed by atoms with Crippen LogP contribution in [0.25, 0.3) is 72.4 Å². The van der Waals surface area contributed by atoms with E-state index >= 15 is 0 Å². The standard InChI is InChI=1S/C62H50N4.C10H12.C2H6/c1-4-5-6-9-17-42(2)48-22-16-25-59-54(38-48)55-40-50(45-20-12-8-13-21-45)31-37-60(55)66(59)52-34-28-47(29-35-52)62-61(63-56-23-14-15-24-57(56)64-62)46-26-32-51(33-27-46)65-41-43(3)53-39-49(30-36-58(53)65)44-18-10-7-11-19-44;1-4-7-10(8-5-2)9-6-3;1-2/h5-21,23-41,54,59H,2,4,22H2,1,3H3;1,5-7,9H,2,8H2,3H3;1-2H3/b6-5-,17-9-;9-6-,10-7-;. The molecule has 0 N–H and O–H groups in total. The van der Waals surface area contributed by atoms with Crippen LogP contribution in [0.15, 0.2) is 273 Å². The van der Waals surface area contributed by atoms with Gasteiger partial charge in [-0.2, -0.15) is 0 Å². The van der Waals surface area contributed by atoms with Gasteiger partial charge in [-0.3, -0.25) is 0 Å². The molecule has 1 aliphatic carbocycles. The van der Waals surface area contributed by atoms with Gasteiger partial charge in [0.15, 0.2) is 0 Å². The number of allylic oxidation sites excluding steroid dienone is 12. The largest absolute Gasteiger partial charge is 0.333 e. The second-order valence-electron chi connectivity index (χ2n) is 19.2. The molecule has 0 saturated heterocycles. The number of nitrogens with zero attached hydrogens (tertiary/aromatic N) is 4. The Labute approximate surface area is 462 Å². The number of anilines is 2. The molecule has 7 aromatic carbocycles. The maximum atomic E-state index is 5.30. The Balaban J connectivity index is 0.000000557. The van der Waals surface area contributed by atoms with Crippen LogP contribution in [-0.4, -0.2) is 20.6 Å². The molecule has 2 aliphatic rings. The van der Waals surface area contributed by atoms with E-state index in [0.29, 0.717) is 0 Å². The molecular weight excluding hydrogens is 945 g/mol. The minimum Gasteiger partial charge on any atom is -0.333 e. The first kappa shape index (κ1) is 53.5. The first-order valence-corrected chi connectivity index (χ1v) is 27.3. The van der Waals surface area contributed by atoms with Gasteiger partial charge in [-0.15, -0.1) is 13.0 Å². The third kappa shape index (κ3) is 11.7. The summed E-state index contributed by atoms with van der Waals surface area (Å²) in [4.78, 5) is 13.1. The fourth-order valence-electron chi connectivity index (χ4n) is 10.5. The first-order valence-electron chi connectivity index (χ1n) is 27.3. The van der Waals surface area contributed by atoms with Crippen LogP contribution in [0.5, 0.6) is 0 Å². The van der Waals surface area contributed by atoms with E-state index in [1.54, 1.807) is 6.08 Å². The molecule has 4 nitrogen and oxygen atoms in total. The molecule has 2 aromatic heterocycles. The maximum absolute atomic E-state index is 5.30. The lowest BCUT2D eigenvalue weighted by molar-refractivity contribution is 0.753. The van der Waals surface area contributed by atoms with Crippen molar-refractivity contribution in [1.82, 2.24) is 14.5 Å². The molecule has 0 amide bonds. The Bertz CT molecular complexity index is 3800. The lowest BCUT2D eigenvalue weighted by Crippen LogP contribution is -2.27. The molecule has 11 rings (SSSR count). The molecular formula is C74H68N4. The predicted molar refractivity (Wildman–Crippen MR) is 335 cm³/mol. The van der Waals surface area contributed by atoms with Gasteiger partial charge in [0.05, 0.1) is 34.0 Å². The lowest BCUT2D eigenvalue weighted by atomic mass is 9.90. The van der Waals surface area contributed by atoms with Crippen LogP contribution < -0.4 is 4.90 Å². The van der Waals surface area contributed by atoms with Crippen molar-refractivity contribution in [2.75, 3.05) is 4.90 Å². The molecule has 0 bridgehead atoms. The number of fused-ring (bicyclic) bond motifs is 5. The number of aryl methyl sites for hydroxylation is 1. The summed E-state index contributed by atoms with van der Waals surface area (Å²) < 4.78 is 2.29. The quantitative estimate of drug-likeness (QED) is 0.0656. The summed E-state index contributed by atoms with van der Waals surface area (Å²) in [5.41, 5.74) is 21.0. The Morgan fingerprint density at radius 3 is 1.88 bits per heavy atom. The van der Waals surface area contributed by atoms with Crippen molar-refractivity contribution in [1.29, 1.82) is 0 Å². The van der Waals surface area contributed by atoms with Crippen LogP contribution in [0.4, 0.5) is 11.4 Å². The number of rotatable bonds is 13. The summed E-state index contributed by atoms with van der Waals surface area (Å²) in [6, 6.07) is 61.0. The van der Waals surface area contributed by atoms with Crippen LogP contribution in [0, 0.1) is 19.3 Å². The van der Waals surface area contributed by atoms with Crippen molar-refractivity contribution in [3.63, 3.8) is 0 Å². The van der Waals surface area contributed by atoms with Crippen LogP contribution >= 0.6 is 0 Å². The highest BCUT2D eigenvalue weighted by molar-refractivity contribution is 5.91. The summed E-state index contributed by atoms with van der Waals surface area (Å²) in [7, 11) is 0. The van der Waals surface area contributed by atoms with E-state index in [2.05, 4.69) is 237 Å². The van der Waals surface area contributed by atoms with E-state index in [-0.39, 0.29) is 12.0 Å². The van der Waals surface area contributed by atoms with Crippen molar-refractivity contribution in [2.24, 2.45) is 0 Å². The normalized spacial score (nSPS) is 14.8. The van der Waals surface area contributed by atoms with Crippen molar-refractivity contribution in [2.45, 2.75) is 65.8 Å². The molecule has 0 saturated carbocycles. The maximum Gasteiger partial charge on any atom is 0.0973 e. The highest BCUT2D eigenvalue weighted by Crippen LogP contribution is 2.50. The summed E-state index contributed by atoms with van der Waals surface area (Å²) in [5.74, 6) is 2.62. The minimum atomic E-state index is 0.104. The average molecular weight is 1010 g/mol. The Hall–Kier alpha value is -9.30. The zero-order valence-electron chi connectivity index (χ0n) is 45.7. The lowest BCUT2D eigenvalue weighted by Gasteiger charge is -2.27. The van der Waals surface area contributed by atoms with Crippen molar-refractivity contribution >= 4 is 33.3 Å². The smallest absolute Gasteiger partial charge is 0.0973 e. The van der Waals surface area contributed by atoms with E-state index < -0.39 is 0 Å². The number of benzene rings is 7. The van der Waals surface area contributed by atoms with Gasteiger partial charge in [0.25, 0.3) is 0 Å². The third-order valence-electron chi connectivity index (χ3n) is 14.2. The number of terminal acetylenes is 1. The van der Waals surface area contributed by atoms with Gasteiger partial charge in [0.1, 0.15) is 0 Å². The van der Waals surface area contributed by atoms with Crippen molar-refractivity contribution < 1.29 is 0 Å². The van der Waals surface area contributed by atoms with Crippen LogP contribution in [0.1, 0.15) is 64.0 Å². The molecule has 384 valence electrons. The van der Waals surface area contributed by atoms with Crippen LogP contribution in [-0.2, 0) is 0 Å². The predicted octanol–water partition coefficient (Wildman–Crippen LogP) is 19.8. The molecule has 2 unspecified atom stereocenters. The van der Waals surface area contributed by atoms with E-state index in [1.165, 1.54) is 55.5 Å². The monoisotopic (exact) mass is 1010 g/mol. The highest BCUT2D eigenvalue weighted by atomic mass is 15.2. The zero-order valence-corrected chi connectivity index (χ0v) is 45.7. The second kappa shape index (κ2) is 25.5. The Morgan fingerprint density at radius 2 is 1.28 bits per heavy atom. The van der Waals surface area contributed by atoms with Gasteiger partial charge < -0.3 is 9.47 Å². The van der Waals surface area contributed by atoms with Gasteiger partial charge in [-0.25, -0.2) is 9.97 Å². The van der Waals surface area contributed by atoms with E-state index in [9.17, 15) is 0 Å². The molecule has 0 radical (unpaired) electrons.